The van der Waals surface area contributed by atoms with Gasteiger partial charge in [-0.25, -0.2) is 0 Å². The Bertz CT molecular complexity index is 607. The van der Waals surface area contributed by atoms with E-state index in [0.717, 1.165) is 4.88 Å². The number of ether oxygens (including phenoxy) is 1. The van der Waals surface area contributed by atoms with Gasteiger partial charge in [0.05, 0.1) is 0 Å². The largest absolute Gasteiger partial charge is 0.434 e. The van der Waals surface area contributed by atoms with Gasteiger partial charge in [0.15, 0.2) is 0 Å². The molecule has 0 bridgehead atoms. The van der Waals surface area contributed by atoms with Gasteiger partial charge in [-0.3, -0.25) is 0 Å². The Morgan fingerprint density at radius 3 is 2.70 bits per heavy atom. The predicted octanol–water partition coefficient (Wildman–Crippen LogP) is 3.51. The third-order valence-corrected chi connectivity index (χ3v) is 3.57. The lowest BCUT2D eigenvalue weighted by atomic mass is 10.2. The van der Waals surface area contributed by atoms with Crippen LogP contribution in [0, 0.1) is 11.3 Å². The average molecular weight is 294 g/mol. The van der Waals surface area contributed by atoms with Crippen molar-refractivity contribution in [3.05, 3.63) is 51.7 Å². The lowest BCUT2D eigenvalue weighted by Crippen LogP contribution is -2.13. The molecule has 1 N–H and O–H groups in total. The van der Waals surface area contributed by atoms with Gasteiger partial charge in [-0.15, -0.1) is 11.3 Å². The summed E-state index contributed by atoms with van der Waals surface area (Å²) in [5.74, 6) is 0.180. The molecule has 0 aliphatic heterocycles. The molecule has 0 saturated heterocycles. The molecule has 6 heteroatoms. The number of hydrogen-bond donors (Lipinski definition) is 1. The maximum Gasteiger partial charge on any atom is 0.387 e. The van der Waals surface area contributed by atoms with Crippen LogP contribution in [0.5, 0.6) is 5.75 Å². The Balaban J connectivity index is 1.92. The molecule has 2 rings (SSSR count). The van der Waals surface area contributed by atoms with E-state index in [1.807, 2.05) is 6.07 Å². The molecular formula is C14H12F2N2OS. The summed E-state index contributed by atoms with van der Waals surface area (Å²) in [5.41, 5.74) is 0.671. The standard InChI is InChI=1S/C14H12F2N2OS/c15-14(16)19-13-4-2-1-3-10(13)8-18-9-12-6-5-11(7-17)20-12/h1-6,14,18H,8-9H2. The molecule has 3 nitrogen and oxygen atoms in total. The van der Waals surface area contributed by atoms with Crippen molar-refractivity contribution in [2.24, 2.45) is 0 Å². The number of nitrogens with one attached hydrogen (secondary N) is 1. The average Bonchev–Trinajstić information content (AvgIpc) is 2.88. The molecule has 0 fully saturated rings. The van der Waals surface area contributed by atoms with Gasteiger partial charge in [0, 0.05) is 23.5 Å². The van der Waals surface area contributed by atoms with E-state index in [4.69, 9.17) is 5.26 Å². The van der Waals surface area contributed by atoms with Crippen LogP contribution in [0.1, 0.15) is 15.3 Å². The summed E-state index contributed by atoms with van der Waals surface area (Å²) >= 11 is 1.41. The number of hydrogen-bond acceptors (Lipinski definition) is 4. The van der Waals surface area contributed by atoms with Crippen LogP contribution >= 0.6 is 11.3 Å². The first-order valence-electron chi connectivity index (χ1n) is 5.91. The van der Waals surface area contributed by atoms with Crippen LogP contribution in [0.2, 0.25) is 0 Å². The summed E-state index contributed by atoms with van der Waals surface area (Å²) in [7, 11) is 0. The highest BCUT2D eigenvalue weighted by atomic mass is 32.1. The third kappa shape index (κ3) is 4.02. The van der Waals surface area contributed by atoms with Crippen molar-refractivity contribution in [3.63, 3.8) is 0 Å². The number of nitrogens with zero attached hydrogens (tertiary/aromatic N) is 1. The van der Waals surface area contributed by atoms with E-state index in [-0.39, 0.29) is 5.75 Å². The van der Waals surface area contributed by atoms with Crippen LogP contribution in [-0.2, 0) is 13.1 Å². The van der Waals surface area contributed by atoms with Gasteiger partial charge in [-0.05, 0) is 18.2 Å². The van der Waals surface area contributed by atoms with Gasteiger partial charge in [0.1, 0.15) is 16.7 Å². The molecule has 0 aliphatic rings. The first-order valence-corrected chi connectivity index (χ1v) is 6.73. The van der Waals surface area contributed by atoms with Crippen LogP contribution in [0.3, 0.4) is 0 Å². The minimum Gasteiger partial charge on any atom is -0.434 e. The molecule has 0 unspecified atom stereocenters. The number of halogens is 2. The van der Waals surface area contributed by atoms with Crippen LogP contribution in [0.15, 0.2) is 36.4 Å². The summed E-state index contributed by atoms with van der Waals surface area (Å²) in [4.78, 5) is 1.68. The second kappa shape index (κ2) is 6.98. The lowest BCUT2D eigenvalue weighted by molar-refractivity contribution is -0.0505. The Kier molecular flexibility index (Phi) is 5.04. The fourth-order valence-electron chi connectivity index (χ4n) is 1.71. The number of rotatable bonds is 6. The zero-order valence-electron chi connectivity index (χ0n) is 10.5. The quantitative estimate of drug-likeness (QED) is 0.886. The van der Waals surface area contributed by atoms with E-state index in [1.54, 1.807) is 24.3 Å². The van der Waals surface area contributed by atoms with Gasteiger partial charge in [0.2, 0.25) is 0 Å². The zero-order chi connectivity index (χ0) is 14.4. The SMILES string of the molecule is N#Cc1ccc(CNCc2ccccc2OC(F)F)s1. The van der Waals surface area contributed by atoms with Gasteiger partial charge in [-0.2, -0.15) is 14.0 Å². The minimum atomic E-state index is -2.83. The van der Waals surface area contributed by atoms with Crippen molar-refractivity contribution in [1.82, 2.24) is 5.32 Å². The highest BCUT2D eigenvalue weighted by Crippen LogP contribution is 2.20. The van der Waals surface area contributed by atoms with Crippen LogP contribution in [0.25, 0.3) is 0 Å². The molecule has 0 amide bonds. The fraction of sp³-hybridized carbons (Fsp3) is 0.214. The number of benzene rings is 1. The van der Waals surface area contributed by atoms with Crippen molar-refractivity contribution < 1.29 is 13.5 Å². The van der Waals surface area contributed by atoms with Gasteiger partial charge in [0.25, 0.3) is 0 Å². The van der Waals surface area contributed by atoms with E-state index < -0.39 is 6.61 Å². The van der Waals surface area contributed by atoms with Crippen molar-refractivity contribution in [2.75, 3.05) is 0 Å². The number of alkyl halides is 2. The highest BCUT2D eigenvalue weighted by Gasteiger charge is 2.08. The molecule has 0 aliphatic carbocycles. The summed E-state index contributed by atoms with van der Waals surface area (Å²) in [6.45, 7) is -1.83. The van der Waals surface area contributed by atoms with Crippen molar-refractivity contribution >= 4 is 11.3 Å². The first kappa shape index (κ1) is 14.4. The zero-order valence-corrected chi connectivity index (χ0v) is 11.3. The van der Waals surface area contributed by atoms with Gasteiger partial charge < -0.3 is 10.1 Å². The maximum atomic E-state index is 12.3. The molecule has 20 heavy (non-hydrogen) atoms. The Morgan fingerprint density at radius 1 is 1.20 bits per heavy atom. The van der Waals surface area contributed by atoms with Crippen LogP contribution in [0.4, 0.5) is 8.78 Å². The number of para-hydroxylation sites is 1. The normalized spacial score (nSPS) is 10.5. The van der Waals surface area contributed by atoms with Gasteiger partial charge in [-0.1, -0.05) is 18.2 Å². The third-order valence-electron chi connectivity index (χ3n) is 2.58. The molecule has 1 aromatic heterocycles. The summed E-state index contributed by atoms with van der Waals surface area (Å²) < 4.78 is 29.0. The molecule has 0 radical (unpaired) electrons. The highest BCUT2D eigenvalue weighted by molar-refractivity contribution is 7.12. The summed E-state index contributed by atoms with van der Waals surface area (Å²) in [6.07, 6.45) is 0. The first-order chi connectivity index (χ1) is 9.69. The molecule has 0 spiro atoms. The van der Waals surface area contributed by atoms with Crippen LogP contribution < -0.4 is 10.1 Å². The molecule has 104 valence electrons. The summed E-state index contributed by atoms with van der Waals surface area (Å²) in [6, 6.07) is 12.4. The van der Waals surface area contributed by atoms with E-state index in [0.29, 0.717) is 23.5 Å². The molecule has 2 aromatic rings. The fourth-order valence-corrected chi connectivity index (χ4v) is 2.49. The minimum absolute atomic E-state index is 0.180. The molecule has 0 saturated carbocycles. The topological polar surface area (TPSA) is 45.0 Å². The Labute approximate surface area is 119 Å². The monoisotopic (exact) mass is 294 g/mol. The number of thiophene rings is 1. The van der Waals surface area contributed by atoms with E-state index in [1.165, 1.54) is 17.4 Å². The van der Waals surface area contributed by atoms with Crippen molar-refractivity contribution in [3.8, 4) is 11.8 Å². The van der Waals surface area contributed by atoms with Crippen molar-refractivity contribution in [2.45, 2.75) is 19.7 Å². The second-order valence-corrected chi connectivity index (χ2v) is 5.14. The predicted molar refractivity (Wildman–Crippen MR) is 72.7 cm³/mol. The second-order valence-electron chi connectivity index (χ2n) is 3.97. The van der Waals surface area contributed by atoms with E-state index in [9.17, 15) is 8.78 Å². The van der Waals surface area contributed by atoms with E-state index in [2.05, 4.69) is 16.1 Å². The molecule has 0 atom stereocenters. The maximum absolute atomic E-state index is 12.3. The van der Waals surface area contributed by atoms with E-state index >= 15 is 0 Å². The smallest absolute Gasteiger partial charge is 0.387 e. The summed E-state index contributed by atoms with van der Waals surface area (Å²) in [5, 5.41) is 11.9. The lowest BCUT2D eigenvalue weighted by Gasteiger charge is -2.10. The molecular weight excluding hydrogens is 282 g/mol. The van der Waals surface area contributed by atoms with Crippen molar-refractivity contribution in [1.29, 1.82) is 5.26 Å². The Morgan fingerprint density at radius 2 is 2.00 bits per heavy atom. The van der Waals surface area contributed by atoms with Gasteiger partial charge >= 0.3 is 6.61 Å². The van der Waals surface area contributed by atoms with Crippen LogP contribution in [-0.4, -0.2) is 6.61 Å². The molecule has 1 heterocycles. The number of nitriles is 1. The Hall–Kier alpha value is -1.97. The molecule has 1 aromatic carbocycles.